The van der Waals surface area contributed by atoms with Crippen LogP contribution in [0, 0.1) is 0 Å². The zero-order valence-corrected chi connectivity index (χ0v) is 19.0. The fraction of sp³-hybridized carbons (Fsp3) is 0. The molecular weight excluding hydrogens is 452 g/mol. The molecule has 6 nitrogen and oxygen atoms in total. The van der Waals surface area contributed by atoms with Gasteiger partial charge >= 0.3 is 5.97 Å². The number of aromatic nitrogens is 2. The van der Waals surface area contributed by atoms with Crippen molar-refractivity contribution in [3.63, 3.8) is 0 Å². The summed E-state index contributed by atoms with van der Waals surface area (Å²) in [4.78, 5) is 32.4. The molecule has 174 valence electrons. The summed E-state index contributed by atoms with van der Waals surface area (Å²) in [6.07, 6.45) is 0. The number of esters is 1. The number of ketones is 1. The van der Waals surface area contributed by atoms with E-state index in [2.05, 4.69) is 9.97 Å². The Balaban J connectivity index is 1.24. The average molecular weight is 473 g/mol. The SMILES string of the molecule is O=C(c1cc2ccccc2[nH]1)c1cc2cc(OC(=O)c3ccccc3Oc3ccccc3)ccc2[nH]1. The third kappa shape index (κ3) is 4.12. The van der Waals surface area contributed by atoms with Gasteiger partial charge in [-0.3, -0.25) is 4.79 Å². The number of H-pyrrole nitrogens is 2. The molecule has 0 amide bonds. The van der Waals surface area contributed by atoms with Gasteiger partial charge in [0.05, 0.1) is 11.4 Å². The highest BCUT2D eigenvalue weighted by Crippen LogP contribution is 2.28. The predicted octanol–water partition coefficient (Wildman–Crippen LogP) is 6.89. The van der Waals surface area contributed by atoms with Crippen molar-refractivity contribution in [2.45, 2.75) is 0 Å². The zero-order chi connectivity index (χ0) is 24.5. The predicted molar refractivity (Wildman–Crippen MR) is 138 cm³/mol. The van der Waals surface area contributed by atoms with Crippen LogP contribution in [0.4, 0.5) is 0 Å². The molecule has 0 saturated heterocycles. The number of carbonyl (C=O) groups is 2. The van der Waals surface area contributed by atoms with E-state index in [1.165, 1.54) is 0 Å². The maximum atomic E-state index is 13.1. The highest BCUT2D eigenvalue weighted by atomic mass is 16.5. The fourth-order valence-corrected chi connectivity index (χ4v) is 4.14. The minimum atomic E-state index is -0.536. The number of fused-ring (bicyclic) bond motifs is 2. The Hall–Kier alpha value is -5.10. The van der Waals surface area contributed by atoms with Crippen molar-refractivity contribution < 1.29 is 19.1 Å². The monoisotopic (exact) mass is 472 g/mol. The van der Waals surface area contributed by atoms with Crippen molar-refractivity contribution in [2.24, 2.45) is 0 Å². The van der Waals surface area contributed by atoms with Gasteiger partial charge in [-0.25, -0.2) is 4.79 Å². The Morgan fingerprint density at radius 2 is 1.25 bits per heavy atom. The van der Waals surface area contributed by atoms with Gasteiger partial charge in [-0.15, -0.1) is 0 Å². The van der Waals surface area contributed by atoms with E-state index in [1.807, 2.05) is 60.7 Å². The number of carbonyl (C=O) groups excluding carboxylic acids is 2. The molecule has 0 aliphatic carbocycles. The van der Waals surface area contributed by atoms with E-state index < -0.39 is 5.97 Å². The number of hydrogen-bond acceptors (Lipinski definition) is 4. The molecular formula is C30H20N2O4. The fourth-order valence-electron chi connectivity index (χ4n) is 4.14. The summed E-state index contributed by atoms with van der Waals surface area (Å²) in [7, 11) is 0. The minimum absolute atomic E-state index is 0.145. The molecule has 0 radical (unpaired) electrons. The lowest BCUT2D eigenvalue weighted by Gasteiger charge is -2.11. The van der Waals surface area contributed by atoms with Gasteiger partial charge in [-0.05, 0) is 60.7 Å². The van der Waals surface area contributed by atoms with Crippen LogP contribution >= 0.6 is 0 Å². The van der Waals surface area contributed by atoms with E-state index in [4.69, 9.17) is 9.47 Å². The Morgan fingerprint density at radius 1 is 0.583 bits per heavy atom. The molecule has 0 fully saturated rings. The molecule has 0 bridgehead atoms. The number of benzene rings is 4. The van der Waals surface area contributed by atoms with Crippen LogP contribution in [0.5, 0.6) is 17.2 Å². The summed E-state index contributed by atoms with van der Waals surface area (Å²) in [6, 6.07) is 32.7. The first-order chi connectivity index (χ1) is 17.6. The number of aromatic amines is 2. The molecule has 0 aliphatic rings. The molecule has 6 aromatic rings. The molecule has 0 spiro atoms. The van der Waals surface area contributed by atoms with E-state index in [1.54, 1.807) is 48.5 Å². The second-order valence-corrected chi connectivity index (χ2v) is 8.33. The van der Waals surface area contributed by atoms with Gasteiger partial charge in [0, 0.05) is 21.8 Å². The Morgan fingerprint density at radius 3 is 2.06 bits per heavy atom. The van der Waals surface area contributed by atoms with Crippen molar-refractivity contribution in [1.29, 1.82) is 0 Å². The highest BCUT2D eigenvalue weighted by Gasteiger charge is 2.18. The summed E-state index contributed by atoms with van der Waals surface area (Å²) >= 11 is 0. The number of rotatable bonds is 6. The lowest BCUT2D eigenvalue weighted by Crippen LogP contribution is -2.09. The van der Waals surface area contributed by atoms with E-state index >= 15 is 0 Å². The Bertz CT molecular complexity index is 1700. The van der Waals surface area contributed by atoms with Gasteiger partial charge in [0.1, 0.15) is 22.8 Å². The second-order valence-electron chi connectivity index (χ2n) is 8.33. The van der Waals surface area contributed by atoms with Crippen LogP contribution in [-0.4, -0.2) is 21.7 Å². The van der Waals surface area contributed by atoms with E-state index in [9.17, 15) is 9.59 Å². The van der Waals surface area contributed by atoms with Crippen LogP contribution in [0.1, 0.15) is 26.5 Å². The first-order valence-corrected chi connectivity index (χ1v) is 11.4. The summed E-state index contributed by atoms with van der Waals surface area (Å²) in [5, 5.41) is 1.73. The van der Waals surface area contributed by atoms with Gasteiger partial charge in [-0.1, -0.05) is 48.5 Å². The lowest BCUT2D eigenvalue weighted by atomic mass is 10.2. The molecule has 0 atom stereocenters. The maximum absolute atomic E-state index is 13.1. The van der Waals surface area contributed by atoms with Crippen LogP contribution < -0.4 is 9.47 Å². The van der Waals surface area contributed by atoms with E-state index in [-0.39, 0.29) is 5.78 Å². The molecule has 4 aromatic carbocycles. The number of hydrogen-bond donors (Lipinski definition) is 2. The van der Waals surface area contributed by atoms with Gasteiger partial charge in [0.15, 0.2) is 0 Å². The second kappa shape index (κ2) is 8.92. The van der Waals surface area contributed by atoms with Crippen molar-refractivity contribution >= 4 is 33.6 Å². The van der Waals surface area contributed by atoms with Crippen LogP contribution in [0.25, 0.3) is 21.8 Å². The summed E-state index contributed by atoms with van der Waals surface area (Å²) < 4.78 is 11.5. The smallest absolute Gasteiger partial charge is 0.347 e. The summed E-state index contributed by atoms with van der Waals surface area (Å²) in [6.45, 7) is 0. The number of nitrogens with one attached hydrogen (secondary N) is 2. The summed E-state index contributed by atoms with van der Waals surface area (Å²) in [5.74, 6) is 0.714. The van der Waals surface area contributed by atoms with Crippen LogP contribution in [0.3, 0.4) is 0 Å². The van der Waals surface area contributed by atoms with Gasteiger partial charge < -0.3 is 19.4 Å². The van der Waals surface area contributed by atoms with E-state index in [0.717, 1.165) is 21.8 Å². The van der Waals surface area contributed by atoms with Gasteiger partial charge in [-0.2, -0.15) is 0 Å². The van der Waals surface area contributed by atoms with Gasteiger partial charge in [0.25, 0.3) is 0 Å². The Labute approximate surface area is 206 Å². The molecule has 6 rings (SSSR count). The average Bonchev–Trinajstić information content (AvgIpc) is 3.53. The van der Waals surface area contributed by atoms with Crippen molar-refractivity contribution in [1.82, 2.24) is 9.97 Å². The molecule has 2 aromatic heterocycles. The summed E-state index contributed by atoms with van der Waals surface area (Å²) in [5.41, 5.74) is 2.93. The largest absolute Gasteiger partial charge is 0.456 e. The molecule has 0 aliphatic heterocycles. The topological polar surface area (TPSA) is 84.2 Å². The van der Waals surface area contributed by atoms with E-state index in [0.29, 0.717) is 34.2 Å². The number of ether oxygens (including phenoxy) is 2. The van der Waals surface area contributed by atoms with Crippen molar-refractivity contribution in [2.75, 3.05) is 0 Å². The third-order valence-electron chi connectivity index (χ3n) is 5.90. The highest BCUT2D eigenvalue weighted by molar-refractivity contribution is 6.11. The molecule has 6 heteroatoms. The Kier molecular flexibility index (Phi) is 5.31. The first-order valence-electron chi connectivity index (χ1n) is 11.4. The quantitative estimate of drug-likeness (QED) is 0.157. The number of para-hydroxylation sites is 3. The van der Waals surface area contributed by atoms with Crippen molar-refractivity contribution in [3.8, 4) is 17.2 Å². The standard InChI is InChI=1S/C30H20N2O4/c33-29(26-17-19-8-4-6-12-24(19)31-26)27-18-20-16-22(14-15-25(20)32-27)36-30(34)23-11-5-7-13-28(23)35-21-9-2-1-3-10-21/h1-18,31-32H. The van der Waals surface area contributed by atoms with Crippen LogP contribution in [-0.2, 0) is 0 Å². The molecule has 0 unspecified atom stereocenters. The molecule has 2 N–H and O–H groups in total. The third-order valence-corrected chi connectivity index (χ3v) is 5.90. The molecule has 0 saturated carbocycles. The van der Waals surface area contributed by atoms with Crippen LogP contribution in [0.2, 0.25) is 0 Å². The van der Waals surface area contributed by atoms with Gasteiger partial charge in [0.2, 0.25) is 5.78 Å². The zero-order valence-electron chi connectivity index (χ0n) is 19.0. The van der Waals surface area contributed by atoms with Crippen LogP contribution in [0.15, 0.2) is 109 Å². The molecule has 36 heavy (non-hydrogen) atoms. The lowest BCUT2D eigenvalue weighted by molar-refractivity contribution is 0.0732. The first kappa shape index (κ1) is 21.4. The minimum Gasteiger partial charge on any atom is -0.456 e. The normalized spacial score (nSPS) is 11.0. The molecule has 2 heterocycles. The van der Waals surface area contributed by atoms with Crippen molar-refractivity contribution in [3.05, 3.63) is 126 Å². The maximum Gasteiger partial charge on any atom is 0.347 e.